The van der Waals surface area contributed by atoms with Crippen molar-refractivity contribution in [2.24, 2.45) is 0 Å². The van der Waals surface area contributed by atoms with Gasteiger partial charge in [-0.25, -0.2) is 4.79 Å². The van der Waals surface area contributed by atoms with Gasteiger partial charge in [0.25, 0.3) is 0 Å². The lowest BCUT2D eigenvalue weighted by Crippen LogP contribution is -2.38. The van der Waals surface area contributed by atoms with Crippen LogP contribution in [0.2, 0.25) is 0 Å². The van der Waals surface area contributed by atoms with E-state index in [-0.39, 0.29) is 0 Å². The second kappa shape index (κ2) is 8.56. The summed E-state index contributed by atoms with van der Waals surface area (Å²) in [4.78, 5) is 15.1. The van der Waals surface area contributed by atoms with Gasteiger partial charge in [0.05, 0.1) is 5.69 Å². The summed E-state index contributed by atoms with van der Waals surface area (Å²) in [6, 6.07) is 11.6. The third-order valence-corrected chi connectivity index (χ3v) is 4.87. The molecule has 3 rings (SSSR count). The highest BCUT2D eigenvalue weighted by Gasteiger charge is 2.34. The first-order valence-electron chi connectivity index (χ1n) is 9.87. The minimum atomic E-state index is -0.868. The smallest absolute Gasteiger partial charge is 0.330 e. The molecule has 1 atom stereocenters. The molecular formula is C24H27NO4S. The van der Waals surface area contributed by atoms with E-state index >= 15 is 0 Å². The van der Waals surface area contributed by atoms with Gasteiger partial charge in [-0.05, 0) is 57.5 Å². The summed E-state index contributed by atoms with van der Waals surface area (Å²) in [5.74, 6) is 0.919. The van der Waals surface area contributed by atoms with E-state index in [1.807, 2.05) is 57.2 Å². The largest absolute Gasteiger partial charge is 0.477 e. The SMILES string of the molecule is C=CC(=O)OC(C)(C)CC(C)(S)Oc1ccc2cc(-c3cccnc3CC)oc2c1. The molecular weight excluding hydrogens is 398 g/mol. The summed E-state index contributed by atoms with van der Waals surface area (Å²) < 4.78 is 17.6. The first-order chi connectivity index (χ1) is 14.1. The summed E-state index contributed by atoms with van der Waals surface area (Å²) in [6.45, 7) is 11.0. The average Bonchev–Trinajstić information content (AvgIpc) is 3.09. The molecule has 30 heavy (non-hydrogen) atoms. The molecule has 0 saturated carbocycles. The standard InChI is InChI=1S/C24H27NO4S/c1-6-19-18(9-8-12-25-19)21-13-16-10-11-17(14-20(16)27-21)28-24(5,30)15-23(3,4)29-22(26)7-2/h7-14,30H,2,6,15H2,1,3-5H3. The quantitative estimate of drug-likeness (QED) is 0.208. The van der Waals surface area contributed by atoms with Crippen molar-refractivity contribution >= 4 is 29.6 Å². The van der Waals surface area contributed by atoms with Crippen LogP contribution in [0, 0.1) is 0 Å². The van der Waals surface area contributed by atoms with E-state index in [1.165, 1.54) is 0 Å². The van der Waals surface area contributed by atoms with E-state index in [0.29, 0.717) is 12.2 Å². The highest BCUT2D eigenvalue weighted by Crippen LogP contribution is 2.35. The second-order valence-electron chi connectivity index (χ2n) is 8.00. The third-order valence-electron chi connectivity index (χ3n) is 4.62. The van der Waals surface area contributed by atoms with Gasteiger partial charge in [0.1, 0.15) is 22.7 Å². The van der Waals surface area contributed by atoms with E-state index in [4.69, 9.17) is 13.9 Å². The maximum atomic E-state index is 11.6. The molecule has 1 unspecified atom stereocenters. The van der Waals surface area contributed by atoms with Crippen LogP contribution in [-0.4, -0.2) is 21.5 Å². The van der Waals surface area contributed by atoms with Gasteiger partial charge in [-0.15, -0.1) is 12.6 Å². The van der Waals surface area contributed by atoms with Crippen LogP contribution < -0.4 is 4.74 Å². The van der Waals surface area contributed by atoms with Gasteiger partial charge in [0, 0.05) is 35.7 Å². The van der Waals surface area contributed by atoms with Crippen molar-refractivity contribution in [2.75, 3.05) is 0 Å². The van der Waals surface area contributed by atoms with Crippen molar-refractivity contribution in [1.82, 2.24) is 4.98 Å². The predicted octanol–water partition coefficient (Wildman–Crippen LogP) is 5.98. The Morgan fingerprint density at radius 2 is 2.03 bits per heavy atom. The molecule has 6 heteroatoms. The number of furan rings is 1. The first-order valence-corrected chi connectivity index (χ1v) is 10.3. The number of carbonyl (C=O) groups is 1. The van der Waals surface area contributed by atoms with Crippen molar-refractivity contribution in [3.63, 3.8) is 0 Å². The van der Waals surface area contributed by atoms with Crippen LogP contribution in [0.3, 0.4) is 0 Å². The number of aryl methyl sites for hydroxylation is 1. The average molecular weight is 426 g/mol. The zero-order valence-electron chi connectivity index (χ0n) is 17.8. The van der Waals surface area contributed by atoms with Crippen molar-refractivity contribution in [2.45, 2.75) is 51.1 Å². The van der Waals surface area contributed by atoms with E-state index in [2.05, 4.69) is 31.1 Å². The summed E-state index contributed by atoms with van der Waals surface area (Å²) >= 11 is 4.65. The van der Waals surface area contributed by atoms with Gasteiger partial charge in [-0.2, -0.15) is 0 Å². The van der Waals surface area contributed by atoms with Crippen LogP contribution in [0.25, 0.3) is 22.3 Å². The van der Waals surface area contributed by atoms with Gasteiger partial charge in [0.2, 0.25) is 0 Å². The zero-order valence-corrected chi connectivity index (χ0v) is 18.7. The Morgan fingerprint density at radius 1 is 1.27 bits per heavy atom. The summed E-state index contributed by atoms with van der Waals surface area (Å²) in [5, 5.41) is 0.976. The molecule has 0 aliphatic heterocycles. The fourth-order valence-electron chi connectivity index (χ4n) is 3.58. The first kappa shape index (κ1) is 22.0. The number of fused-ring (bicyclic) bond motifs is 1. The number of rotatable bonds is 8. The minimum absolute atomic E-state index is 0.375. The number of hydrogen-bond donors (Lipinski definition) is 1. The number of pyridine rings is 1. The molecule has 0 aliphatic rings. The maximum absolute atomic E-state index is 11.6. The highest BCUT2D eigenvalue weighted by molar-refractivity contribution is 7.81. The molecule has 0 aliphatic carbocycles. The number of esters is 1. The summed E-state index contributed by atoms with van der Waals surface area (Å²) in [7, 11) is 0. The van der Waals surface area contributed by atoms with Crippen LogP contribution >= 0.6 is 12.6 Å². The van der Waals surface area contributed by atoms with Gasteiger partial charge in [-0.1, -0.05) is 13.5 Å². The third kappa shape index (κ3) is 5.25. The number of ether oxygens (including phenoxy) is 2. The van der Waals surface area contributed by atoms with Crippen LogP contribution in [-0.2, 0) is 16.0 Å². The molecule has 5 nitrogen and oxygen atoms in total. The molecule has 2 aromatic heterocycles. The Bertz CT molecular complexity index is 1070. The lowest BCUT2D eigenvalue weighted by Gasteiger charge is -2.34. The molecule has 0 bridgehead atoms. The van der Waals surface area contributed by atoms with E-state index in [9.17, 15) is 4.79 Å². The normalized spacial score (nSPS) is 13.6. The molecule has 0 N–H and O–H groups in total. The van der Waals surface area contributed by atoms with Crippen molar-refractivity contribution in [1.29, 1.82) is 0 Å². The van der Waals surface area contributed by atoms with Gasteiger partial charge in [-0.3, -0.25) is 4.98 Å². The van der Waals surface area contributed by atoms with E-state index in [0.717, 1.165) is 40.5 Å². The van der Waals surface area contributed by atoms with Crippen molar-refractivity contribution in [3.05, 3.63) is 60.9 Å². The van der Waals surface area contributed by atoms with Crippen molar-refractivity contribution < 1.29 is 18.7 Å². The predicted molar refractivity (Wildman–Crippen MR) is 122 cm³/mol. The number of aromatic nitrogens is 1. The number of hydrogen-bond acceptors (Lipinski definition) is 6. The van der Waals surface area contributed by atoms with Gasteiger partial charge < -0.3 is 13.9 Å². The van der Waals surface area contributed by atoms with Crippen molar-refractivity contribution in [3.8, 4) is 17.1 Å². The van der Waals surface area contributed by atoms with Gasteiger partial charge in [0.15, 0.2) is 4.93 Å². The number of carbonyl (C=O) groups excluding carboxylic acids is 1. The molecule has 3 aromatic rings. The number of thiol groups is 1. The van der Waals surface area contributed by atoms with E-state index < -0.39 is 16.5 Å². The molecule has 2 heterocycles. The second-order valence-corrected chi connectivity index (χ2v) is 8.95. The number of nitrogens with zero attached hydrogens (tertiary/aromatic N) is 1. The zero-order chi connectivity index (χ0) is 21.9. The Balaban J connectivity index is 1.82. The Labute approximate surface area is 182 Å². The Kier molecular flexibility index (Phi) is 6.27. The van der Waals surface area contributed by atoms with Crippen LogP contribution in [0.5, 0.6) is 5.75 Å². The maximum Gasteiger partial charge on any atom is 0.330 e. The molecule has 0 amide bonds. The fourth-order valence-corrected chi connectivity index (χ4v) is 4.07. The Hall–Kier alpha value is -2.73. The topological polar surface area (TPSA) is 61.6 Å². The van der Waals surface area contributed by atoms with E-state index in [1.54, 1.807) is 6.20 Å². The van der Waals surface area contributed by atoms with Gasteiger partial charge >= 0.3 is 5.97 Å². The molecule has 158 valence electrons. The lowest BCUT2D eigenvalue weighted by molar-refractivity contribution is -0.152. The highest BCUT2D eigenvalue weighted by atomic mass is 32.1. The van der Waals surface area contributed by atoms with Crippen LogP contribution in [0.1, 0.15) is 39.8 Å². The lowest BCUT2D eigenvalue weighted by atomic mass is 10.0. The molecule has 0 saturated heterocycles. The Morgan fingerprint density at radius 3 is 2.73 bits per heavy atom. The molecule has 0 spiro atoms. The minimum Gasteiger partial charge on any atom is -0.477 e. The molecule has 0 fully saturated rings. The van der Waals surface area contributed by atoms with Crippen LogP contribution in [0.15, 0.2) is 59.7 Å². The molecule has 0 radical (unpaired) electrons. The molecule has 1 aromatic carbocycles. The summed E-state index contributed by atoms with van der Waals surface area (Å²) in [6.07, 6.45) is 4.14. The van der Waals surface area contributed by atoms with Crippen LogP contribution in [0.4, 0.5) is 0 Å². The summed E-state index contributed by atoms with van der Waals surface area (Å²) in [5.41, 5.74) is 1.94. The number of benzene rings is 1. The monoisotopic (exact) mass is 425 g/mol. The fraction of sp³-hybridized carbons (Fsp3) is 0.333.